The Morgan fingerprint density at radius 2 is 2.04 bits per heavy atom. The molecule has 26 heavy (non-hydrogen) atoms. The SMILES string of the molecule is CC(C)NCC1OC2CC(CC(=O)NCc3ccc(F)cc3)OC2C1O. The lowest BCUT2D eigenvalue weighted by Gasteiger charge is -2.21. The molecule has 6 nitrogen and oxygen atoms in total. The van der Waals surface area contributed by atoms with Crippen LogP contribution in [0.25, 0.3) is 0 Å². The van der Waals surface area contributed by atoms with Crippen LogP contribution >= 0.6 is 0 Å². The minimum absolute atomic E-state index is 0.133. The zero-order chi connectivity index (χ0) is 18.7. The normalized spacial score (nSPS) is 30.6. The number of amides is 1. The van der Waals surface area contributed by atoms with Crippen LogP contribution in [0.15, 0.2) is 24.3 Å². The minimum atomic E-state index is -0.682. The smallest absolute Gasteiger partial charge is 0.222 e. The van der Waals surface area contributed by atoms with Gasteiger partial charge in [0.1, 0.15) is 18.0 Å². The van der Waals surface area contributed by atoms with E-state index in [2.05, 4.69) is 10.6 Å². The molecule has 0 bridgehead atoms. The van der Waals surface area contributed by atoms with E-state index in [4.69, 9.17) is 9.47 Å². The number of halogens is 1. The Hall–Kier alpha value is -1.54. The van der Waals surface area contributed by atoms with Crippen molar-refractivity contribution in [3.8, 4) is 0 Å². The average Bonchev–Trinajstić information content (AvgIpc) is 3.11. The second-order valence-corrected chi connectivity index (χ2v) is 7.33. The van der Waals surface area contributed by atoms with Crippen molar-refractivity contribution in [3.05, 3.63) is 35.6 Å². The van der Waals surface area contributed by atoms with Gasteiger partial charge in [-0.1, -0.05) is 26.0 Å². The molecule has 1 aromatic rings. The first-order chi connectivity index (χ1) is 12.4. The highest BCUT2D eigenvalue weighted by Crippen LogP contribution is 2.35. The summed E-state index contributed by atoms with van der Waals surface area (Å²) in [7, 11) is 0. The number of nitrogens with one attached hydrogen (secondary N) is 2. The summed E-state index contributed by atoms with van der Waals surface area (Å²) < 4.78 is 24.6. The molecule has 3 rings (SSSR count). The van der Waals surface area contributed by atoms with E-state index in [-0.39, 0.29) is 42.6 Å². The number of hydrogen-bond donors (Lipinski definition) is 3. The summed E-state index contributed by atoms with van der Waals surface area (Å²) in [6.45, 7) is 5.01. The molecule has 7 heteroatoms. The molecular formula is C19H27FN2O4. The van der Waals surface area contributed by atoms with Crippen LogP contribution in [0.4, 0.5) is 4.39 Å². The maximum atomic E-state index is 12.9. The zero-order valence-electron chi connectivity index (χ0n) is 15.2. The van der Waals surface area contributed by atoms with Gasteiger partial charge in [0, 0.05) is 25.6 Å². The topological polar surface area (TPSA) is 79.8 Å². The van der Waals surface area contributed by atoms with E-state index in [1.165, 1.54) is 12.1 Å². The van der Waals surface area contributed by atoms with Gasteiger partial charge in [0.2, 0.25) is 5.91 Å². The maximum Gasteiger partial charge on any atom is 0.222 e. The van der Waals surface area contributed by atoms with Crippen molar-refractivity contribution in [3.63, 3.8) is 0 Å². The molecule has 2 heterocycles. The number of aliphatic hydroxyl groups is 1. The molecule has 1 aromatic carbocycles. The highest BCUT2D eigenvalue weighted by molar-refractivity contribution is 5.76. The van der Waals surface area contributed by atoms with E-state index in [9.17, 15) is 14.3 Å². The lowest BCUT2D eigenvalue weighted by atomic mass is 10.1. The number of hydrogen-bond acceptors (Lipinski definition) is 5. The molecule has 144 valence electrons. The molecular weight excluding hydrogens is 339 g/mol. The van der Waals surface area contributed by atoms with Crippen LogP contribution in [0.1, 0.15) is 32.3 Å². The molecule has 0 aliphatic carbocycles. The van der Waals surface area contributed by atoms with Crippen molar-refractivity contribution in [2.75, 3.05) is 6.54 Å². The zero-order valence-corrected chi connectivity index (χ0v) is 15.2. The lowest BCUT2D eigenvalue weighted by molar-refractivity contribution is -0.124. The number of carbonyl (C=O) groups excluding carboxylic acids is 1. The molecule has 2 fully saturated rings. The highest BCUT2D eigenvalue weighted by Gasteiger charge is 2.50. The highest BCUT2D eigenvalue weighted by atomic mass is 19.1. The predicted octanol–water partition coefficient (Wildman–Crippen LogP) is 1.12. The fraction of sp³-hybridized carbons (Fsp3) is 0.632. The molecule has 5 atom stereocenters. The van der Waals surface area contributed by atoms with Crippen molar-refractivity contribution in [2.24, 2.45) is 0 Å². The Labute approximate surface area is 153 Å². The quantitative estimate of drug-likeness (QED) is 0.674. The van der Waals surface area contributed by atoms with Crippen LogP contribution in [-0.2, 0) is 20.8 Å². The summed E-state index contributed by atoms with van der Waals surface area (Å²) in [5.74, 6) is -0.432. The summed E-state index contributed by atoms with van der Waals surface area (Å²) in [5, 5.41) is 16.4. The molecule has 1 amide bonds. The first-order valence-electron chi connectivity index (χ1n) is 9.16. The van der Waals surface area contributed by atoms with Gasteiger partial charge in [-0.3, -0.25) is 4.79 Å². The van der Waals surface area contributed by atoms with Gasteiger partial charge in [0.05, 0.1) is 24.7 Å². The van der Waals surface area contributed by atoms with Crippen molar-refractivity contribution in [1.29, 1.82) is 0 Å². The number of ether oxygens (including phenoxy) is 2. The van der Waals surface area contributed by atoms with Gasteiger partial charge in [-0.05, 0) is 17.7 Å². The summed E-state index contributed by atoms with van der Waals surface area (Å²) in [4.78, 5) is 12.1. The van der Waals surface area contributed by atoms with Crippen LogP contribution in [0.3, 0.4) is 0 Å². The second kappa shape index (κ2) is 8.43. The van der Waals surface area contributed by atoms with E-state index in [1.807, 2.05) is 13.8 Å². The Morgan fingerprint density at radius 3 is 2.69 bits per heavy atom. The number of aliphatic hydroxyl groups excluding tert-OH is 1. The molecule has 0 saturated carbocycles. The van der Waals surface area contributed by atoms with E-state index in [1.54, 1.807) is 12.1 Å². The maximum absolute atomic E-state index is 12.9. The van der Waals surface area contributed by atoms with Crippen molar-refractivity contribution >= 4 is 5.91 Å². The number of rotatable bonds is 7. The van der Waals surface area contributed by atoms with E-state index in [0.29, 0.717) is 25.6 Å². The van der Waals surface area contributed by atoms with Gasteiger partial charge in [0.25, 0.3) is 0 Å². The monoisotopic (exact) mass is 366 g/mol. The third-order valence-electron chi connectivity index (χ3n) is 4.82. The first-order valence-corrected chi connectivity index (χ1v) is 9.16. The van der Waals surface area contributed by atoms with Crippen molar-refractivity contribution in [2.45, 2.75) is 69.8 Å². The average molecular weight is 366 g/mol. The molecule has 5 unspecified atom stereocenters. The van der Waals surface area contributed by atoms with Crippen molar-refractivity contribution < 1.29 is 23.8 Å². The van der Waals surface area contributed by atoms with E-state index >= 15 is 0 Å². The molecule has 2 aliphatic heterocycles. The predicted molar refractivity (Wildman–Crippen MR) is 93.9 cm³/mol. The van der Waals surface area contributed by atoms with Crippen LogP contribution in [0, 0.1) is 5.82 Å². The Balaban J connectivity index is 1.41. The van der Waals surface area contributed by atoms with Gasteiger partial charge in [-0.15, -0.1) is 0 Å². The molecule has 2 saturated heterocycles. The van der Waals surface area contributed by atoms with Crippen LogP contribution in [-0.4, -0.2) is 54.1 Å². The third-order valence-corrected chi connectivity index (χ3v) is 4.82. The van der Waals surface area contributed by atoms with Gasteiger partial charge in [-0.25, -0.2) is 4.39 Å². The third kappa shape index (κ3) is 4.79. The largest absolute Gasteiger partial charge is 0.388 e. The van der Waals surface area contributed by atoms with Gasteiger partial charge in [0.15, 0.2) is 0 Å². The van der Waals surface area contributed by atoms with Gasteiger partial charge >= 0.3 is 0 Å². The molecule has 0 radical (unpaired) electrons. The van der Waals surface area contributed by atoms with Crippen LogP contribution in [0.5, 0.6) is 0 Å². The van der Waals surface area contributed by atoms with Crippen molar-refractivity contribution in [1.82, 2.24) is 10.6 Å². The van der Waals surface area contributed by atoms with Gasteiger partial charge in [-0.2, -0.15) is 0 Å². The fourth-order valence-corrected chi connectivity index (χ4v) is 3.44. The van der Waals surface area contributed by atoms with E-state index < -0.39 is 6.10 Å². The number of carbonyl (C=O) groups is 1. The first kappa shape index (κ1) is 19.2. The molecule has 3 N–H and O–H groups in total. The Bertz CT molecular complexity index is 610. The van der Waals surface area contributed by atoms with Crippen LogP contribution in [0.2, 0.25) is 0 Å². The van der Waals surface area contributed by atoms with E-state index in [0.717, 1.165) is 5.56 Å². The second-order valence-electron chi connectivity index (χ2n) is 7.33. The van der Waals surface area contributed by atoms with Crippen LogP contribution < -0.4 is 10.6 Å². The van der Waals surface area contributed by atoms with Gasteiger partial charge < -0.3 is 25.2 Å². The fourth-order valence-electron chi connectivity index (χ4n) is 3.44. The lowest BCUT2D eigenvalue weighted by Crippen LogP contribution is -2.40. The Kier molecular flexibility index (Phi) is 6.24. The Morgan fingerprint density at radius 1 is 1.31 bits per heavy atom. The summed E-state index contributed by atoms with van der Waals surface area (Å²) in [5.41, 5.74) is 0.836. The number of fused-ring (bicyclic) bond motifs is 1. The standard InChI is InChI=1S/C19H27FN2O4/c1-11(2)21-10-16-18(24)19-15(26-16)7-14(25-19)8-17(23)22-9-12-3-5-13(20)6-4-12/h3-6,11,14-16,18-19,21,24H,7-10H2,1-2H3,(H,22,23). The summed E-state index contributed by atoms with van der Waals surface area (Å²) in [6, 6.07) is 6.34. The minimum Gasteiger partial charge on any atom is -0.388 e. The summed E-state index contributed by atoms with van der Waals surface area (Å²) >= 11 is 0. The number of benzene rings is 1. The molecule has 2 aliphatic rings. The molecule has 0 spiro atoms. The molecule has 0 aromatic heterocycles. The summed E-state index contributed by atoms with van der Waals surface area (Å²) in [6.07, 6.45) is -0.933.